The minimum atomic E-state index is -2.59. The zero-order valence-electron chi connectivity index (χ0n) is 44.8. The summed E-state index contributed by atoms with van der Waals surface area (Å²) in [5.74, 6) is -14.7. The molecule has 25 heteroatoms. The number of amides is 6. The molecule has 0 bridgehead atoms. The summed E-state index contributed by atoms with van der Waals surface area (Å²) >= 11 is 0. The molecule has 5 rings (SSSR count). The number of nitrogens with zero attached hydrogens (tertiary/aromatic N) is 5. The zero-order chi connectivity index (χ0) is 55.4. The molecule has 0 saturated carbocycles. The first kappa shape index (κ1) is 59.4. The minimum absolute atomic E-state index is 0.0450. The van der Waals surface area contributed by atoms with Gasteiger partial charge < -0.3 is 33.9 Å². The number of fused-ring (bicyclic) bond motifs is 3. The lowest BCUT2D eigenvalue weighted by Crippen LogP contribution is -2.72. The van der Waals surface area contributed by atoms with Crippen LogP contribution in [0.15, 0.2) is 0 Å². The summed E-state index contributed by atoms with van der Waals surface area (Å²) in [6, 6.07) is -8.68. The Kier molecular flexibility index (Phi) is 19.3. The average Bonchev–Trinajstić information content (AvgIpc) is 3.66. The van der Waals surface area contributed by atoms with E-state index >= 15 is 9.59 Å². The highest BCUT2D eigenvalue weighted by atomic mass is 16.7. The lowest BCUT2D eigenvalue weighted by molar-refractivity contribution is -0.334. The second kappa shape index (κ2) is 24.0. The number of nitrogens with one attached hydrogen (secondary N) is 3. The lowest BCUT2D eigenvalue weighted by Gasteiger charge is -2.51. The molecule has 25 nitrogen and oxygen atoms in total. The van der Waals surface area contributed by atoms with Crippen molar-refractivity contribution in [2.45, 2.75) is 200 Å². The summed E-state index contributed by atoms with van der Waals surface area (Å²) in [6.07, 6.45) is -0.656. The first-order valence-electron chi connectivity index (χ1n) is 25.8. The van der Waals surface area contributed by atoms with Gasteiger partial charge in [-0.3, -0.25) is 63.6 Å². The molecule has 5 aliphatic heterocycles. The van der Waals surface area contributed by atoms with Crippen molar-refractivity contribution >= 4 is 59.3 Å². The van der Waals surface area contributed by atoms with E-state index in [-0.39, 0.29) is 73.7 Å². The van der Waals surface area contributed by atoms with Crippen LogP contribution in [0.25, 0.3) is 0 Å². The second-order valence-electron chi connectivity index (χ2n) is 21.5. The van der Waals surface area contributed by atoms with E-state index in [1.54, 1.807) is 0 Å². The molecule has 0 spiro atoms. The smallest absolute Gasteiger partial charge is 0.332 e. The Bertz CT molecular complexity index is 2160. The highest BCUT2D eigenvalue weighted by Gasteiger charge is 2.64. The molecule has 74 heavy (non-hydrogen) atoms. The van der Waals surface area contributed by atoms with Gasteiger partial charge in [-0.15, -0.1) is 0 Å². The molecule has 5 saturated heterocycles. The van der Waals surface area contributed by atoms with Gasteiger partial charge in [0.1, 0.15) is 36.4 Å². The molecule has 11 unspecified atom stereocenters. The zero-order valence-corrected chi connectivity index (χ0v) is 44.8. The van der Waals surface area contributed by atoms with Gasteiger partial charge in [-0.2, -0.15) is 0 Å². The third kappa shape index (κ3) is 12.4. The van der Waals surface area contributed by atoms with Crippen LogP contribution in [-0.4, -0.2) is 180 Å². The predicted molar refractivity (Wildman–Crippen MR) is 255 cm³/mol. The van der Waals surface area contributed by atoms with Crippen LogP contribution >= 0.6 is 0 Å². The molecule has 5 N–H and O–H groups in total. The topological polar surface area (TPSA) is 310 Å². The van der Waals surface area contributed by atoms with Crippen molar-refractivity contribution in [1.29, 1.82) is 0 Å². The summed E-state index contributed by atoms with van der Waals surface area (Å²) in [4.78, 5) is 144. The molecule has 0 aromatic heterocycles. The summed E-state index contributed by atoms with van der Waals surface area (Å²) in [5.41, 5.74) is 1.30. The van der Waals surface area contributed by atoms with Crippen molar-refractivity contribution in [3.8, 4) is 0 Å². The quantitative estimate of drug-likeness (QED) is 0.111. The van der Waals surface area contributed by atoms with Gasteiger partial charge in [0.25, 0.3) is 40.9 Å². The SMILES string of the molecule is CCC1OC(OC(C)=O)(C(C)(OC(C)=O)C(=O)NC2C(=O)N3NCCCC3C(=O)N(O)CC(=O)N3NCCCC3C(=O)N3CCC(C)(OC(C)=O)C3C(=O)N(O)C(C(C)C)C(=O)OC2C(C)C)CCC1CC(C)C. The number of carbonyl (C=O) groups excluding carboxylic acids is 10. The Balaban J connectivity index is 1.70. The Morgan fingerprint density at radius 3 is 1.93 bits per heavy atom. The van der Waals surface area contributed by atoms with E-state index in [0.29, 0.717) is 25.7 Å². The van der Waals surface area contributed by atoms with Gasteiger partial charge in [0.05, 0.1) is 6.10 Å². The lowest BCUT2D eigenvalue weighted by atomic mass is 9.78. The maximum atomic E-state index is 15.5. The fourth-order valence-electron chi connectivity index (χ4n) is 11.1. The van der Waals surface area contributed by atoms with E-state index < -0.39 is 137 Å². The number of hydrazine groups is 2. The number of carbonyl (C=O) groups is 10. The maximum absolute atomic E-state index is 15.5. The Hall–Kier alpha value is -5.50. The van der Waals surface area contributed by atoms with Gasteiger partial charge in [0.2, 0.25) is 5.91 Å². The third-order valence-corrected chi connectivity index (χ3v) is 14.6. The molecule has 5 fully saturated rings. The van der Waals surface area contributed by atoms with Crippen LogP contribution in [0.2, 0.25) is 0 Å². The van der Waals surface area contributed by atoms with E-state index in [4.69, 9.17) is 23.7 Å². The number of esters is 4. The average molecular weight is 1050 g/mol. The molecule has 0 radical (unpaired) electrons. The molecular weight excluding hydrogens is 973 g/mol. The molecule has 11 atom stereocenters. The second-order valence-corrected chi connectivity index (χ2v) is 21.5. The van der Waals surface area contributed by atoms with Gasteiger partial charge in [0, 0.05) is 53.2 Å². The van der Waals surface area contributed by atoms with Crippen molar-refractivity contribution in [2.24, 2.45) is 23.7 Å². The molecule has 5 aliphatic rings. The first-order chi connectivity index (χ1) is 34.5. The Morgan fingerprint density at radius 2 is 1.39 bits per heavy atom. The van der Waals surface area contributed by atoms with Crippen molar-refractivity contribution < 1.29 is 82.0 Å². The Morgan fingerprint density at radius 1 is 0.797 bits per heavy atom. The number of hydroxylamine groups is 4. The summed E-state index contributed by atoms with van der Waals surface area (Å²) < 4.78 is 30.2. The fourth-order valence-corrected chi connectivity index (χ4v) is 11.1. The number of cyclic esters (lactones) is 1. The van der Waals surface area contributed by atoms with E-state index in [1.807, 2.05) is 20.8 Å². The molecular formula is C49H78N8O17. The van der Waals surface area contributed by atoms with Crippen LogP contribution in [-0.2, 0) is 71.6 Å². The van der Waals surface area contributed by atoms with Gasteiger partial charge in [-0.25, -0.2) is 25.8 Å². The molecule has 6 amide bonds. The summed E-state index contributed by atoms with van der Waals surface area (Å²) in [5, 5.41) is 28.0. The van der Waals surface area contributed by atoms with Crippen molar-refractivity contribution in [3.05, 3.63) is 0 Å². The van der Waals surface area contributed by atoms with E-state index in [1.165, 1.54) is 34.6 Å². The van der Waals surface area contributed by atoms with Crippen LogP contribution in [0.1, 0.15) is 141 Å². The molecule has 0 aromatic carbocycles. The fraction of sp³-hybridized carbons (Fsp3) is 0.796. The predicted octanol–water partition coefficient (Wildman–Crippen LogP) is 1.26. The summed E-state index contributed by atoms with van der Waals surface area (Å²) in [6.45, 7) is 16.6. The first-order valence-corrected chi connectivity index (χ1v) is 25.8. The van der Waals surface area contributed by atoms with Crippen LogP contribution in [0.3, 0.4) is 0 Å². The molecule has 0 aliphatic carbocycles. The Labute approximate surface area is 431 Å². The van der Waals surface area contributed by atoms with Crippen LogP contribution in [0.5, 0.6) is 0 Å². The number of hydrogen-bond donors (Lipinski definition) is 5. The van der Waals surface area contributed by atoms with E-state index in [0.717, 1.165) is 42.6 Å². The van der Waals surface area contributed by atoms with E-state index in [9.17, 15) is 48.8 Å². The van der Waals surface area contributed by atoms with Crippen molar-refractivity contribution in [2.75, 3.05) is 26.2 Å². The number of rotatable bonds is 11. The maximum Gasteiger partial charge on any atom is 0.332 e. The summed E-state index contributed by atoms with van der Waals surface area (Å²) in [7, 11) is 0. The number of hydrogen-bond acceptors (Lipinski definition) is 19. The minimum Gasteiger partial charge on any atom is -0.458 e. The molecule has 5 heterocycles. The largest absolute Gasteiger partial charge is 0.458 e. The standard InChI is InChI=1S/C49H78N8O17/c1-13-35-32(24-26(2)3)18-19-49(74-35,73-31(10)60)48(12,72-30(9)59)46(67)52-37-39(28(6)7)70-45(66)38(27(4)5)57(69)44(65)40-47(11,71-29(8)58)20-23-53(40)41(62)33-16-14-21-50-55(33)36(61)25-54(68)42(63)34-17-15-22-51-56(34)43(37)64/h26-28,32-35,37-40,50-51,68-69H,13-25H2,1-12H3,(H,52,67). The third-order valence-electron chi connectivity index (χ3n) is 14.6. The molecule has 416 valence electrons. The van der Waals surface area contributed by atoms with E-state index in [2.05, 4.69) is 16.2 Å². The van der Waals surface area contributed by atoms with Crippen LogP contribution in [0, 0.1) is 23.7 Å². The highest BCUT2D eigenvalue weighted by Crippen LogP contribution is 2.46. The van der Waals surface area contributed by atoms with Gasteiger partial charge in [-0.1, -0.05) is 48.5 Å². The van der Waals surface area contributed by atoms with Crippen LogP contribution < -0.4 is 16.2 Å². The van der Waals surface area contributed by atoms with Gasteiger partial charge >= 0.3 is 23.9 Å². The van der Waals surface area contributed by atoms with Crippen LogP contribution in [0.4, 0.5) is 0 Å². The normalized spacial score (nSPS) is 31.9. The molecule has 0 aromatic rings. The monoisotopic (exact) mass is 1050 g/mol. The van der Waals surface area contributed by atoms with Crippen molar-refractivity contribution in [1.82, 2.24) is 41.2 Å². The highest BCUT2D eigenvalue weighted by molar-refractivity contribution is 5.98. The number of ether oxygens (including phenoxy) is 5. The van der Waals surface area contributed by atoms with Crippen molar-refractivity contribution in [3.63, 3.8) is 0 Å². The van der Waals surface area contributed by atoms with Gasteiger partial charge in [0.15, 0.2) is 12.1 Å². The van der Waals surface area contributed by atoms with Gasteiger partial charge in [-0.05, 0) is 82.5 Å².